The molecule has 1 fully saturated rings. The SMILES string of the molecule is C=CCOc1ccc(Cl)c(C(=O)N2CCC(C(N)=O)C2)n1. The van der Waals surface area contributed by atoms with E-state index in [0.717, 1.165) is 0 Å². The van der Waals surface area contributed by atoms with Crippen LogP contribution in [-0.4, -0.2) is 41.4 Å². The highest BCUT2D eigenvalue weighted by molar-refractivity contribution is 6.33. The van der Waals surface area contributed by atoms with Crippen LogP contribution in [0.1, 0.15) is 16.9 Å². The van der Waals surface area contributed by atoms with E-state index in [2.05, 4.69) is 11.6 Å². The highest BCUT2D eigenvalue weighted by Crippen LogP contribution is 2.23. The number of hydrogen-bond donors (Lipinski definition) is 1. The molecule has 0 saturated carbocycles. The summed E-state index contributed by atoms with van der Waals surface area (Å²) in [4.78, 5) is 29.2. The second kappa shape index (κ2) is 6.58. The van der Waals surface area contributed by atoms with Gasteiger partial charge in [-0.1, -0.05) is 24.3 Å². The van der Waals surface area contributed by atoms with E-state index < -0.39 is 5.91 Å². The van der Waals surface area contributed by atoms with Crippen LogP contribution < -0.4 is 10.5 Å². The summed E-state index contributed by atoms with van der Waals surface area (Å²) in [5.41, 5.74) is 5.37. The van der Waals surface area contributed by atoms with Gasteiger partial charge in [0.25, 0.3) is 5.91 Å². The lowest BCUT2D eigenvalue weighted by atomic mass is 10.1. The Hall–Kier alpha value is -2.08. The first kappa shape index (κ1) is 15.3. The van der Waals surface area contributed by atoms with Crippen molar-refractivity contribution in [2.75, 3.05) is 19.7 Å². The first-order chi connectivity index (χ1) is 10.0. The van der Waals surface area contributed by atoms with Crippen LogP contribution >= 0.6 is 11.6 Å². The van der Waals surface area contributed by atoms with Crippen LogP contribution in [0.15, 0.2) is 24.8 Å². The maximum absolute atomic E-state index is 12.4. The van der Waals surface area contributed by atoms with Crippen LogP contribution in [-0.2, 0) is 4.79 Å². The predicted octanol–water partition coefficient (Wildman–Crippen LogP) is 1.25. The molecule has 7 heteroatoms. The van der Waals surface area contributed by atoms with E-state index in [0.29, 0.717) is 25.4 Å². The van der Waals surface area contributed by atoms with Gasteiger partial charge >= 0.3 is 0 Å². The van der Waals surface area contributed by atoms with Gasteiger partial charge in [0, 0.05) is 19.2 Å². The number of likely N-dealkylation sites (tertiary alicyclic amines) is 1. The maximum atomic E-state index is 12.4. The third kappa shape index (κ3) is 3.52. The molecule has 112 valence electrons. The average Bonchev–Trinajstić information content (AvgIpc) is 2.95. The zero-order valence-corrected chi connectivity index (χ0v) is 12.2. The molecule has 2 rings (SSSR count). The van der Waals surface area contributed by atoms with Gasteiger partial charge in [0.15, 0.2) is 5.69 Å². The highest BCUT2D eigenvalue weighted by Gasteiger charge is 2.31. The summed E-state index contributed by atoms with van der Waals surface area (Å²) in [5.74, 6) is -0.735. The lowest BCUT2D eigenvalue weighted by Crippen LogP contribution is -2.32. The number of hydrogen-bond acceptors (Lipinski definition) is 4. The molecule has 1 aromatic heterocycles. The van der Waals surface area contributed by atoms with E-state index in [9.17, 15) is 9.59 Å². The van der Waals surface area contributed by atoms with Gasteiger partial charge in [0.2, 0.25) is 11.8 Å². The van der Waals surface area contributed by atoms with E-state index in [-0.39, 0.29) is 29.1 Å². The fourth-order valence-corrected chi connectivity index (χ4v) is 2.31. The smallest absolute Gasteiger partial charge is 0.274 e. The number of carbonyl (C=O) groups is 2. The quantitative estimate of drug-likeness (QED) is 0.829. The van der Waals surface area contributed by atoms with Crippen molar-refractivity contribution in [1.82, 2.24) is 9.88 Å². The molecule has 0 spiro atoms. The van der Waals surface area contributed by atoms with E-state index >= 15 is 0 Å². The number of rotatable bonds is 5. The van der Waals surface area contributed by atoms with Gasteiger partial charge in [0.1, 0.15) is 6.61 Å². The number of pyridine rings is 1. The summed E-state index contributed by atoms with van der Waals surface area (Å²) in [6, 6.07) is 3.14. The number of amides is 2. The predicted molar refractivity (Wildman–Crippen MR) is 78.1 cm³/mol. The molecule has 1 aromatic rings. The Morgan fingerprint density at radius 2 is 2.33 bits per heavy atom. The summed E-state index contributed by atoms with van der Waals surface area (Å²) in [5, 5.41) is 0.244. The fourth-order valence-electron chi connectivity index (χ4n) is 2.13. The number of primary amides is 1. The number of carbonyl (C=O) groups excluding carboxylic acids is 2. The standard InChI is InChI=1S/C14H16ClN3O3/c1-2-7-21-11-4-3-10(15)12(17-11)14(20)18-6-5-9(8-18)13(16)19/h2-4,9H,1,5-8H2,(H2,16,19). The van der Waals surface area contributed by atoms with Crippen molar-refractivity contribution in [3.63, 3.8) is 0 Å². The molecule has 0 aromatic carbocycles. The molecule has 1 unspecified atom stereocenters. The Morgan fingerprint density at radius 3 is 2.95 bits per heavy atom. The molecule has 0 aliphatic carbocycles. The van der Waals surface area contributed by atoms with Crippen molar-refractivity contribution < 1.29 is 14.3 Å². The van der Waals surface area contributed by atoms with Crippen molar-refractivity contribution in [2.45, 2.75) is 6.42 Å². The summed E-state index contributed by atoms with van der Waals surface area (Å²) in [7, 11) is 0. The molecule has 2 amide bonds. The van der Waals surface area contributed by atoms with E-state index in [1.54, 1.807) is 18.2 Å². The average molecular weight is 310 g/mol. The Labute approximate surface area is 127 Å². The Morgan fingerprint density at radius 1 is 1.57 bits per heavy atom. The Bertz CT molecular complexity index is 577. The van der Waals surface area contributed by atoms with E-state index in [4.69, 9.17) is 22.1 Å². The molecular formula is C14H16ClN3O3. The molecule has 2 heterocycles. The monoisotopic (exact) mass is 309 g/mol. The first-order valence-corrected chi connectivity index (χ1v) is 6.89. The number of halogens is 1. The molecule has 21 heavy (non-hydrogen) atoms. The third-order valence-corrected chi connectivity index (χ3v) is 3.55. The van der Waals surface area contributed by atoms with Crippen LogP contribution in [0.3, 0.4) is 0 Å². The minimum absolute atomic E-state index is 0.114. The van der Waals surface area contributed by atoms with Gasteiger partial charge in [-0.05, 0) is 12.5 Å². The maximum Gasteiger partial charge on any atom is 0.274 e. The zero-order valence-electron chi connectivity index (χ0n) is 11.4. The van der Waals surface area contributed by atoms with Crippen molar-refractivity contribution >= 4 is 23.4 Å². The van der Waals surface area contributed by atoms with Crippen molar-refractivity contribution in [1.29, 1.82) is 0 Å². The molecule has 6 nitrogen and oxygen atoms in total. The summed E-state index contributed by atoms with van der Waals surface area (Å²) < 4.78 is 5.29. The molecular weight excluding hydrogens is 294 g/mol. The minimum atomic E-state index is -0.396. The number of ether oxygens (including phenoxy) is 1. The van der Waals surface area contributed by atoms with Gasteiger partial charge in [-0.3, -0.25) is 9.59 Å². The third-order valence-electron chi connectivity index (χ3n) is 3.25. The number of aromatic nitrogens is 1. The Kier molecular flexibility index (Phi) is 4.80. The minimum Gasteiger partial charge on any atom is -0.473 e. The lowest BCUT2D eigenvalue weighted by Gasteiger charge is -2.16. The lowest BCUT2D eigenvalue weighted by molar-refractivity contribution is -0.121. The van der Waals surface area contributed by atoms with Crippen molar-refractivity contribution in [3.05, 3.63) is 35.5 Å². The van der Waals surface area contributed by atoms with Gasteiger partial charge in [-0.25, -0.2) is 4.98 Å². The van der Waals surface area contributed by atoms with Crippen LogP contribution in [0, 0.1) is 5.92 Å². The molecule has 1 aliphatic heterocycles. The molecule has 1 saturated heterocycles. The largest absolute Gasteiger partial charge is 0.473 e. The molecule has 1 aliphatic rings. The fraction of sp³-hybridized carbons (Fsp3) is 0.357. The number of nitrogens with two attached hydrogens (primary N) is 1. The molecule has 2 N–H and O–H groups in total. The summed E-state index contributed by atoms with van der Waals surface area (Å²) >= 11 is 6.03. The highest BCUT2D eigenvalue weighted by atomic mass is 35.5. The second-order valence-corrected chi connectivity index (χ2v) is 5.13. The summed E-state index contributed by atoms with van der Waals surface area (Å²) in [6.07, 6.45) is 2.14. The molecule has 0 bridgehead atoms. The Balaban J connectivity index is 2.15. The normalized spacial score (nSPS) is 17.6. The van der Waals surface area contributed by atoms with Crippen LogP contribution in [0.25, 0.3) is 0 Å². The van der Waals surface area contributed by atoms with Gasteiger partial charge in [-0.15, -0.1) is 0 Å². The van der Waals surface area contributed by atoms with E-state index in [1.807, 2.05) is 0 Å². The van der Waals surface area contributed by atoms with Crippen LogP contribution in [0.5, 0.6) is 5.88 Å². The van der Waals surface area contributed by atoms with Crippen LogP contribution in [0.2, 0.25) is 5.02 Å². The zero-order chi connectivity index (χ0) is 15.4. The van der Waals surface area contributed by atoms with Gasteiger partial charge < -0.3 is 15.4 Å². The number of nitrogens with zero attached hydrogens (tertiary/aromatic N) is 2. The first-order valence-electron chi connectivity index (χ1n) is 6.51. The molecule has 0 radical (unpaired) electrons. The second-order valence-electron chi connectivity index (χ2n) is 4.72. The van der Waals surface area contributed by atoms with Crippen molar-refractivity contribution in [2.24, 2.45) is 11.7 Å². The van der Waals surface area contributed by atoms with Crippen molar-refractivity contribution in [3.8, 4) is 5.88 Å². The van der Waals surface area contributed by atoms with Gasteiger partial charge in [-0.2, -0.15) is 0 Å². The molecule has 1 atom stereocenters. The van der Waals surface area contributed by atoms with Gasteiger partial charge in [0.05, 0.1) is 10.9 Å². The van der Waals surface area contributed by atoms with Crippen LogP contribution in [0.4, 0.5) is 0 Å². The summed E-state index contributed by atoms with van der Waals surface area (Å²) in [6.45, 7) is 4.58. The topological polar surface area (TPSA) is 85.5 Å². The van der Waals surface area contributed by atoms with E-state index in [1.165, 1.54) is 4.90 Å².